The smallest absolute Gasteiger partial charge is 0.205 e. The highest BCUT2D eigenvalue weighted by Gasteiger charge is 2.24. The van der Waals surface area contributed by atoms with Crippen molar-refractivity contribution in [3.05, 3.63) is 5.82 Å². The molecule has 9 heteroatoms. The molecule has 2 aliphatic rings. The Morgan fingerprint density at radius 2 is 2.00 bits per heavy atom. The van der Waals surface area contributed by atoms with E-state index in [1.165, 1.54) is 44.0 Å². The van der Waals surface area contributed by atoms with Crippen molar-refractivity contribution in [2.45, 2.75) is 33.1 Å². The van der Waals surface area contributed by atoms with Crippen molar-refractivity contribution in [2.75, 3.05) is 64.3 Å². The number of rotatable bonds is 6. The van der Waals surface area contributed by atoms with Crippen LogP contribution in [-0.4, -0.2) is 84.5 Å². The summed E-state index contributed by atoms with van der Waals surface area (Å²) < 4.78 is 4.41. The molecule has 2 fully saturated rings. The summed E-state index contributed by atoms with van der Waals surface area (Å²) in [5.41, 5.74) is 0. The molecule has 1 aromatic heterocycles. The third-order valence-corrected chi connectivity index (χ3v) is 6.11. The van der Waals surface area contributed by atoms with Crippen molar-refractivity contribution in [1.82, 2.24) is 24.5 Å². The van der Waals surface area contributed by atoms with Crippen molar-refractivity contribution < 1.29 is 0 Å². The van der Waals surface area contributed by atoms with E-state index < -0.39 is 0 Å². The van der Waals surface area contributed by atoms with Gasteiger partial charge >= 0.3 is 0 Å². The number of likely N-dealkylation sites (tertiary alicyclic amines) is 1. The number of aryl methyl sites for hydroxylation is 1. The zero-order valence-electron chi connectivity index (χ0n) is 16.9. The van der Waals surface area contributed by atoms with Gasteiger partial charge in [-0.1, -0.05) is 13.8 Å². The Hall–Kier alpha value is -0.680. The van der Waals surface area contributed by atoms with E-state index in [-0.39, 0.29) is 24.0 Å². The molecule has 2 saturated heterocycles. The average molecular weight is 507 g/mol. The zero-order chi connectivity index (χ0) is 18.4. The van der Waals surface area contributed by atoms with Gasteiger partial charge in [-0.05, 0) is 31.8 Å². The van der Waals surface area contributed by atoms with E-state index in [0.717, 1.165) is 62.0 Å². The topological polar surface area (TPSA) is 59.9 Å². The largest absolute Gasteiger partial charge is 0.356 e. The number of aliphatic imine (C=N–C) groups is 1. The molecular formula is C18H34IN7S. The van der Waals surface area contributed by atoms with Crippen LogP contribution < -0.4 is 10.2 Å². The third-order valence-electron chi connectivity index (χ3n) is 5.29. The lowest BCUT2D eigenvalue weighted by atomic mass is 10.1. The number of aromatic nitrogens is 2. The molecule has 1 aromatic rings. The van der Waals surface area contributed by atoms with Gasteiger partial charge in [0.15, 0.2) is 5.96 Å². The lowest BCUT2D eigenvalue weighted by Crippen LogP contribution is -2.53. The van der Waals surface area contributed by atoms with E-state index in [2.05, 4.69) is 48.2 Å². The fourth-order valence-corrected chi connectivity index (χ4v) is 4.59. The average Bonchev–Trinajstić information content (AvgIpc) is 3.32. The van der Waals surface area contributed by atoms with Crippen molar-refractivity contribution >= 4 is 46.6 Å². The van der Waals surface area contributed by atoms with Gasteiger partial charge in [-0.2, -0.15) is 4.37 Å². The zero-order valence-corrected chi connectivity index (χ0v) is 20.0. The van der Waals surface area contributed by atoms with Gasteiger partial charge in [0.1, 0.15) is 5.82 Å². The molecule has 2 aliphatic heterocycles. The van der Waals surface area contributed by atoms with Crippen LogP contribution in [0.5, 0.6) is 0 Å². The van der Waals surface area contributed by atoms with Crippen LogP contribution in [-0.2, 0) is 6.42 Å². The second kappa shape index (κ2) is 11.4. The standard InChI is InChI=1S/C18H33N7S.HI/c1-4-7-23-8-6-15(14-23)13-20-17(19-3)24-9-11-25(12-10-24)18-21-16(5-2)22-26-18;/h15H,4-14H2,1-3H3,(H,19,20);1H. The van der Waals surface area contributed by atoms with Crippen LogP contribution >= 0.6 is 35.5 Å². The maximum Gasteiger partial charge on any atom is 0.205 e. The molecule has 7 nitrogen and oxygen atoms in total. The van der Waals surface area contributed by atoms with Crippen molar-refractivity contribution in [3.63, 3.8) is 0 Å². The molecule has 27 heavy (non-hydrogen) atoms. The van der Waals surface area contributed by atoms with Gasteiger partial charge in [0, 0.05) is 64.3 Å². The van der Waals surface area contributed by atoms with Crippen LogP contribution in [0.25, 0.3) is 0 Å². The SMILES string of the molecule is CCCN1CCC(CNC(=NC)N2CCN(c3nc(CC)ns3)CC2)C1.I. The predicted octanol–water partition coefficient (Wildman–Crippen LogP) is 2.15. The summed E-state index contributed by atoms with van der Waals surface area (Å²) >= 11 is 1.52. The van der Waals surface area contributed by atoms with Crippen LogP contribution in [0.2, 0.25) is 0 Å². The van der Waals surface area contributed by atoms with E-state index >= 15 is 0 Å². The minimum atomic E-state index is 0. The first-order chi connectivity index (χ1) is 12.7. The van der Waals surface area contributed by atoms with Crippen LogP contribution in [0, 0.1) is 5.92 Å². The second-order valence-electron chi connectivity index (χ2n) is 7.20. The molecule has 154 valence electrons. The molecule has 0 aromatic carbocycles. The number of nitrogens with zero attached hydrogens (tertiary/aromatic N) is 6. The van der Waals surface area contributed by atoms with Gasteiger partial charge in [-0.15, -0.1) is 24.0 Å². The van der Waals surface area contributed by atoms with Crippen LogP contribution in [0.1, 0.15) is 32.5 Å². The maximum absolute atomic E-state index is 4.62. The molecule has 0 radical (unpaired) electrons. The Kier molecular flexibility index (Phi) is 9.51. The quantitative estimate of drug-likeness (QED) is 0.362. The fraction of sp³-hybridized carbons (Fsp3) is 0.833. The summed E-state index contributed by atoms with van der Waals surface area (Å²) in [6.45, 7) is 13.0. The second-order valence-corrected chi connectivity index (χ2v) is 7.93. The van der Waals surface area contributed by atoms with Gasteiger partial charge in [-0.25, -0.2) is 4.98 Å². The van der Waals surface area contributed by atoms with Crippen molar-refractivity contribution in [2.24, 2.45) is 10.9 Å². The maximum atomic E-state index is 4.62. The highest BCUT2D eigenvalue weighted by Crippen LogP contribution is 2.19. The van der Waals surface area contributed by atoms with Crippen LogP contribution in [0.4, 0.5) is 5.13 Å². The fourth-order valence-electron chi connectivity index (χ4n) is 3.79. The van der Waals surface area contributed by atoms with E-state index in [4.69, 9.17) is 0 Å². The first-order valence-corrected chi connectivity index (χ1v) is 10.8. The monoisotopic (exact) mass is 507 g/mol. The summed E-state index contributed by atoms with van der Waals surface area (Å²) in [7, 11) is 1.89. The summed E-state index contributed by atoms with van der Waals surface area (Å²) in [5.74, 6) is 2.75. The molecule has 0 bridgehead atoms. The normalized spacial score (nSPS) is 21.4. The van der Waals surface area contributed by atoms with Crippen molar-refractivity contribution in [3.8, 4) is 0 Å². The molecule has 0 saturated carbocycles. The molecule has 1 unspecified atom stereocenters. The molecule has 0 spiro atoms. The van der Waals surface area contributed by atoms with Crippen LogP contribution in [0.15, 0.2) is 4.99 Å². The number of halogens is 1. The van der Waals surface area contributed by atoms with Crippen molar-refractivity contribution in [1.29, 1.82) is 0 Å². The number of piperazine rings is 1. The first kappa shape index (κ1) is 22.6. The van der Waals surface area contributed by atoms with Gasteiger partial charge < -0.3 is 20.0 Å². The highest BCUT2D eigenvalue weighted by atomic mass is 127. The Bertz CT molecular complexity index is 586. The summed E-state index contributed by atoms with van der Waals surface area (Å²) in [6.07, 6.45) is 3.46. The van der Waals surface area contributed by atoms with Gasteiger partial charge in [0.25, 0.3) is 0 Å². The third kappa shape index (κ3) is 6.15. The van der Waals surface area contributed by atoms with Crippen LogP contribution in [0.3, 0.4) is 0 Å². The summed E-state index contributed by atoms with van der Waals surface area (Å²) in [4.78, 5) is 16.4. The number of anilines is 1. The number of guanidine groups is 1. The molecule has 1 atom stereocenters. The highest BCUT2D eigenvalue weighted by molar-refractivity contribution is 14.0. The molecule has 3 heterocycles. The Morgan fingerprint density at radius 1 is 1.22 bits per heavy atom. The molecule has 3 rings (SSSR count). The van der Waals surface area contributed by atoms with E-state index in [0.29, 0.717) is 0 Å². The minimum Gasteiger partial charge on any atom is -0.356 e. The predicted molar refractivity (Wildman–Crippen MR) is 125 cm³/mol. The molecule has 0 aliphatic carbocycles. The van der Waals surface area contributed by atoms with E-state index in [9.17, 15) is 0 Å². The number of nitrogens with one attached hydrogen (secondary N) is 1. The molecule has 0 amide bonds. The Labute approximate surface area is 184 Å². The lowest BCUT2D eigenvalue weighted by molar-refractivity contribution is 0.322. The lowest BCUT2D eigenvalue weighted by Gasteiger charge is -2.36. The molecule has 1 N–H and O–H groups in total. The Morgan fingerprint density at radius 3 is 2.63 bits per heavy atom. The molecular weight excluding hydrogens is 473 g/mol. The van der Waals surface area contributed by atoms with E-state index in [1.807, 2.05) is 7.05 Å². The van der Waals surface area contributed by atoms with Gasteiger partial charge in [0.05, 0.1) is 0 Å². The Balaban J connectivity index is 0.00000261. The first-order valence-electron chi connectivity index (χ1n) is 9.99. The summed E-state index contributed by atoms with van der Waals surface area (Å²) in [6, 6.07) is 0. The van der Waals surface area contributed by atoms with Gasteiger partial charge in [0.2, 0.25) is 5.13 Å². The minimum absolute atomic E-state index is 0. The number of hydrogen-bond donors (Lipinski definition) is 1. The van der Waals surface area contributed by atoms with E-state index in [1.54, 1.807) is 0 Å². The summed E-state index contributed by atoms with van der Waals surface area (Å²) in [5, 5.41) is 4.68. The number of hydrogen-bond acceptors (Lipinski definition) is 6. The van der Waals surface area contributed by atoms with Gasteiger partial charge in [-0.3, -0.25) is 4.99 Å².